The van der Waals surface area contributed by atoms with Crippen LogP contribution >= 0.6 is 11.6 Å². The molecule has 12 heteroatoms. The Balaban J connectivity index is 1.89. The fourth-order valence-corrected chi connectivity index (χ4v) is 5.72. The topological polar surface area (TPSA) is 86.8 Å². The summed E-state index contributed by atoms with van der Waals surface area (Å²) in [5, 5.41) is 3.29. The summed E-state index contributed by atoms with van der Waals surface area (Å²) < 4.78 is 65.9. The van der Waals surface area contributed by atoms with Gasteiger partial charge in [0.05, 0.1) is 17.5 Å². The zero-order chi connectivity index (χ0) is 31.6. The van der Waals surface area contributed by atoms with Gasteiger partial charge in [-0.2, -0.15) is 13.2 Å². The number of carbonyl (C=O) groups excluding carboxylic acids is 2. The third-order valence-corrected chi connectivity index (χ3v) is 8.30. The Morgan fingerprint density at radius 1 is 0.977 bits per heavy atom. The molecule has 232 valence electrons. The van der Waals surface area contributed by atoms with Crippen LogP contribution in [0.3, 0.4) is 0 Å². The van der Waals surface area contributed by atoms with Crippen molar-refractivity contribution in [2.24, 2.45) is 0 Å². The standard InChI is InChI=1S/C31H35ClF3N3O4S/c1-3-18-36-30(40)28(20-23-11-5-4-6-12-23)37(22-24-13-7-8-16-27(24)32)29(39)17-10-19-38(43(2,41)42)26-15-9-14-25(21-26)31(33,34)35/h4-9,11-16,21,28H,3,10,17-20,22H2,1-2H3,(H,36,40)/t28-/m1/s1. The lowest BCUT2D eigenvalue weighted by molar-refractivity contribution is -0.141. The van der Waals surface area contributed by atoms with E-state index in [-0.39, 0.29) is 43.9 Å². The summed E-state index contributed by atoms with van der Waals surface area (Å²) >= 11 is 6.42. The molecule has 43 heavy (non-hydrogen) atoms. The van der Waals surface area contributed by atoms with Crippen molar-refractivity contribution in [1.82, 2.24) is 10.2 Å². The third kappa shape index (κ3) is 10.00. The largest absolute Gasteiger partial charge is 0.416 e. The molecule has 0 radical (unpaired) electrons. The molecule has 0 aromatic heterocycles. The lowest BCUT2D eigenvalue weighted by Crippen LogP contribution is -2.50. The lowest BCUT2D eigenvalue weighted by atomic mass is 10.0. The molecular formula is C31H35ClF3N3O4S. The minimum absolute atomic E-state index is 0.00416. The van der Waals surface area contributed by atoms with Gasteiger partial charge in [0.25, 0.3) is 0 Å². The fourth-order valence-electron chi connectivity index (χ4n) is 4.57. The molecule has 0 unspecified atom stereocenters. The molecule has 0 saturated carbocycles. The molecule has 0 aliphatic carbocycles. The van der Waals surface area contributed by atoms with Crippen LogP contribution in [0.2, 0.25) is 5.02 Å². The van der Waals surface area contributed by atoms with E-state index in [2.05, 4.69) is 5.32 Å². The van der Waals surface area contributed by atoms with Crippen LogP contribution < -0.4 is 9.62 Å². The minimum Gasteiger partial charge on any atom is -0.354 e. The van der Waals surface area contributed by atoms with Gasteiger partial charge in [-0.1, -0.05) is 73.1 Å². The van der Waals surface area contributed by atoms with Crippen molar-refractivity contribution in [3.05, 3.63) is 101 Å². The molecule has 0 aliphatic rings. The van der Waals surface area contributed by atoms with Gasteiger partial charge in [0.1, 0.15) is 6.04 Å². The van der Waals surface area contributed by atoms with Crippen LogP contribution in [-0.2, 0) is 38.8 Å². The molecule has 3 aromatic carbocycles. The van der Waals surface area contributed by atoms with Crippen molar-refractivity contribution in [1.29, 1.82) is 0 Å². The first-order valence-corrected chi connectivity index (χ1v) is 16.0. The number of rotatable bonds is 14. The van der Waals surface area contributed by atoms with Crippen molar-refractivity contribution < 1.29 is 31.2 Å². The van der Waals surface area contributed by atoms with Crippen LogP contribution in [0.1, 0.15) is 42.9 Å². The van der Waals surface area contributed by atoms with E-state index < -0.39 is 33.7 Å². The number of anilines is 1. The first kappa shape index (κ1) is 33.9. The van der Waals surface area contributed by atoms with E-state index in [1.54, 1.807) is 24.3 Å². The van der Waals surface area contributed by atoms with E-state index in [0.717, 1.165) is 34.3 Å². The summed E-state index contributed by atoms with van der Waals surface area (Å²) in [7, 11) is -3.97. The second-order valence-electron chi connectivity index (χ2n) is 10.1. The molecule has 0 bridgehead atoms. The van der Waals surface area contributed by atoms with Crippen LogP contribution in [0, 0.1) is 0 Å². The maximum absolute atomic E-state index is 13.8. The SMILES string of the molecule is CCCNC(=O)[C@@H](Cc1ccccc1)N(Cc1ccccc1Cl)C(=O)CCCN(c1cccc(C(F)(F)F)c1)S(C)(=O)=O. The van der Waals surface area contributed by atoms with Crippen molar-refractivity contribution >= 4 is 39.1 Å². The van der Waals surface area contributed by atoms with Gasteiger partial charge in [-0.05, 0) is 48.2 Å². The highest BCUT2D eigenvalue weighted by Gasteiger charge is 2.33. The maximum Gasteiger partial charge on any atom is 0.416 e. The zero-order valence-electron chi connectivity index (χ0n) is 24.0. The normalized spacial score (nSPS) is 12.4. The van der Waals surface area contributed by atoms with Gasteiger partial charge in [0, 0.05) is 37.5 Å². The third-order valence-electron chi connectivity index (χ3n) is 6.73. The Labute approximate surface area is 255 Å². The first-order valence-electron chi connectivity index (χ1n) is 13.8. The van der Waals surface area contributed by atoms with Gasteiger partial charge < -0.3 is 10.2 Å². The number of alkyl halides is 3. The highest BCUT2D eigenvalue weighted by molar-refractivity contribution is 7.92. The van der Waals surface area contributed by atoms with E-state index in [9.17, 15) is 31.2 Å². The van der Waals surface area contributed by atoms with Crippen molar-refractivity contribution in [3.8, 4) is 0 Å². The van der Waals surface area contributed by atoms with Gasteiger partial charge in [-0.15, -0.1) is 0 Å². The average Bonchev–Trinajstić information content (AvgIpc) is 2.96. The Morgan fingerprint density at radius 3 is 2.28 bits per heavy atom. The Morgan fingerprint density at radius 2 is 1.65 bits per heavy atom. The summed E-state index contributed by atoms with van der Waals surface area (Å²) in [6, 6.07) is 19.3. The van der Waals surface area contributed by atoms with Crippen LogP contribution in [0.4, 0.5) is 18.9 Å². The molecule has 1 atom stereocenters. The van der Waals surface area contributed by atoms with Crippen LogP contribution in [0.25, 0.3) is 0 Å². The Kier molecular flexibility index (Phi) is 12.0. The molecule has 3 rings (SSSR count). The molecule has 3 aromatic rings. The Bertz CT molecular complexity index is 1490. The summed E-state index contributed by atoms with van der Waals surface area (Å²) in [6.45, 7) is 2.12. The van der Waals surface area contributed by atoms with Gasteiger partial charge >= 0.3 is 6.18 Å². The number of carbonyl (C=O) groups is 2. The summed E-state index contributed by atoms with van der Waals surface area (Å²) in [5.41, 5.74) is 0.325. The van der Waals surface area contributed by atoms with Crippen molar-refractivity contribution in [3.63, 3.8) is 0 Å². The van der Waals surface area contributed by atoms with Crippen LogP contribution in [0.5, 0.6) is 0 Å². The number of sulfonamides is 1. The monoisotopic (exact) mass is 637 g/mol. The van der Waals surface area contributed by atoms with E-state index in [0.29, 0.717) is 23.6 Å². The number of hydrogen-bond acceptors (Lipinski definition) is 4. The van der Waals surface area contributed by atoms with E-state index >= 15 is 0 Å². The summed E-state index contributed by atoms with van der Waals surface area (Å²) in [4.78, 5) is 28.7. The van der Waals surface area contributed by atoms with Gasteiger partial charge in [-0.25, -0.2) is 8.42 Å². The molecule has 0 spiro atoms. The molecule has 7 nitrogen and oxygen atoms in total. The molecular weight excluding hydrogens is 603 g/mol. The smallest absolute Gasteiger partial charge is 0.354 e. The number of amides is 2. The van der Waals surface area contributed by atoms with E-state index in [4.69, 9.17) is 11.6 Å². The highest BCUT2D eigenvalue weighted by Crippen LogP contribution is 2.32. The number of halogens is 4. The number of benzene rings is 3. The molecule has 1 N–H and O–H groups in total. The van der Waals surface area contributed by atoms with Gasteiger partial charge in [-0.3, -0.25) is 13.9 Å². The number of hydrogen-bond donors (Lipinski definition) is 1. The fraction of sp³-hybridized carbons (Fsp3) is 0.355. The Hall–Kier alpha value is -3.57. The molecule has 0 aliphatic heterocycles. The van der Waals surface area contributed by atoms with E-state index in [1.165, 1.54) is 11.0 Å². The average molecular weight is 638 g/mol. The lowest BCUT2D eigenvalue weighted by Gasteiger charge is -2.32. The second-order valence-corrected chi connectivity index (χ2v) is 12.4. The zero-order valence-corrected chi connectivity index (χ0v) is 25.6. The predicted molar refractivity (Wildman–Crippen MR) is 162 cm³/mol. The van der Waals surface area contributed by atoms with Gasteiger partial charge in [0.15, 0.2) is 0 Å². The molecule has 0 saturated heterocycles. The number of nitrogens with one attached hydrogen (secondary N) is 1. The highest BCUT2D eigenvalue weighted by atomic mass is 35.5. The molecule has 0 heterocycles. The second kappa shape index (κ2) is 15.2. The van der Waals surface area contributed by atoms with Crippen molar-refractivity contribution in [2.75, 3.05) is 23.7 Å². The predicted octanol–water partition coefficient (Wildman–Crippen LogP) is 6.07. The quantitative estimate of drug-likeness (QED) is 0.232. The minimum atomic E-state index is -4.65. The van der Waals surface area contributed by atoms with E-state index in [1.807, 2.05) is 37.3 Å². The van der Waals surface area contributed by atoms with Gasteiger partial charge in [0.2, 0.25) is 21.8 Å². The first-order chi connectivity index (χ1) is 20.3. The van der Waals surface area contributed by atoms with Crippen LogP contribution in [-0.4, -0.2) is 50.5 Å². The van der Waals surface area contributed by atoms with Crippen LogP contribution in [0.15, 0.2) is 78.9 Å². The summed E-state index contributed by atoms with van der Waals surface area (Å²) in [6.07, 6.45) is -3.00. The number of nitrogens with zero attached hydrogens (tertiary/aromatic N) is 2. The summed E-state index contributed by atoms with van der Waals surface area (Å²) in [5.74, 6) is -0.766. The molecule has 0 fully saturated rings. The maximum atomic E-state index is 13.8. The van der Waals surface area contributed by atoms with Crippen molar-refractivity contribution in [2.45, 2.75) is 51.4 Å². The molecule has 2 amide bonds.